The summed E-state index contributed by atoms with van der Waals surface area (Å²) >= 11 is 0. The Hall–Kier alpha value is -1.81. The largest absolute Gasteiger partial charge is 0.497 e. The lowest BCUT2D eigenvalue weighted by Crippen LogP contribution is -2.58. The number of carbonyl (C=O) groups is 1. The number of carbonyl (C=O) groups excluding carboxylic acids is 1. The molecule has 0 saturated carbocycles. The van der Waals surface area contributed by atoms with E-state index in [1.165, 1.54) is 18.9 Å². The molecule has 25 heavy (non-hydrogen) atoms. The number of hydrogen-bond donors (Lipinski definition) is 0. The maximum atomic E-state index is 12.5. The summed E-state index contributed by atoms with van der Waals surface area (Å²) in [4.78, 5) is 13.9. The van der Waals surface area contributed by atoms with Crippen molar-refractivity contribution in [3.8, 4) is 5.75 Å². The van der Waals surface area contributed by atoms with Gasteiger partial charge in [0.2, 0.25) is 15.9 Å². The van der Waals surface area contributed by atoms with Gasteiger partial charge in [0.1, 0.15) is 11.8 Å². The van der Waals surface area contributed by atoms with Crippen LogP contribution in [0.5, 0.6) is 5.75 Å². The smallest absolute Gasteiger partial charge is 0.390 e. The van der Waals surface area contributed by atoms with Crippen LogP contribution >= 0.6 is 0 Å². The first-order chi connectivity index (χ1) is 11.5. The van der Waals surface area contributed by atoms with Gasteiger partial charge < -0.3 is 9.64 Å². The summed E-state index contributed by atoms with van der Waals surface area (Å²) < 4.78 is 67.1. The predicted octanol–water partition coefficient (Wildman–Crippen LogP) is 2.01. The van der Waals surface area contributed by atoms with Crippen LogP contribution in [-0.2, 0) is 14.8 Å². The van der Waals surface area contributed by atoms with Crippen molar-refractivity contribution in [2.75, 3.05) is 30.9 Å². The van der Waals surface area contributed by atoms with Crippen molar-refractivity contribution in [1.29, 1.82) is 0 Å². The summed E-state index contributed by atoms with van der Waals surface area (Å²) in [6.45, 7) is 1.39. The molecule has 1 aliphatic heterocycles. The van der Waals surface area contributed by atoms with Gasteiger partial charge in [0.05, 0.1) is 19.3 Å². The van der Waals surface area contributed by atoms with Crippen LogP contribution in [0.15, 0.2) is 24.3 Å². The number of amides is 1. The highest BCUT2D eigenvalue weighted by Crippen LogP contribution is 2.26. The van der Waals surface area contributed by atoms with Crippen LogP contribution < -0.4 is 9.64 Å². The van der Waals surface area contributed by atoms with Gasteiger partial charge in [0.25, 0.3) is 0 Å². The van der Waals surface area contributed by atoms with Gasteiger partial charge >= 0.3 is 6.18 Å². The Bertz CT molecular complexity index is 719. The molecule has 1 aliphatic rings. The van der Waals surface area contributed by atoms with E-state index in [-0.39, 0.29) is 13.1 Å². The van der Waals surface area contributed by atoms with Crippen LogP contribution in [0, 0.1) is 0 Å². The highest BCUT2D eigenvalue weighted by molar-refractivity contribution is 7.89. The summed E-state index contributed by atoms with van der Waals surface area (Å²) in [5.74, 6) is -0.930. The highest BCUT2D eigenvalue weighted by Gasteiger charge is 2.40. The average molecular weight is 380 g/mol. The Morgan fingerprint density at radius 2 is 1.80 bits per heavy atom. The van der Waals surface area contributed by atoms with Gasteiger partial charge in [-0.1, -0.05) is 0 Å². The fourth-order valence-electron chi connectivity index (χ4n) is 2.61. The normalized spacial score (nSPS) is 20.0. The van der Waals surface area contributed by atoms with E-state index in [9.17, 15) is 26.4 Å². The number of rotatable bonds is 5. The van der Waals surface area contributed by atoms with Gasteiger partial charge in [-0.05, 0) is 31.2 Å². The van der Waals surface area contributed by atoms with E-state index in [0.29, 0.717) is 11.4 Å². The maximum absolute atomic E-state index is 12.5. The van der Waals surface area contributed by atoms with Crippen LogP contribution in [-0.4, -0.2) is 56.8 Å². The van der Waals surface area contributed by atoms with Crippen molar-refractivity contribution < 1.29 is 31.1 Å². The SMILES string of the molecule is COc1ccc(N2CCN(S(=O)(=O)CCC(F)(F)F)C(C)C2=O)cc1. The standard InChI is InChI=1S/C15H19F3N2O4S/c1-11-14(21)19(12-3-5-13(24-2)6-4-12)8-9-20(11)25(22,23)10-7-15(16,17)18/h3-6,11H,7-10H2,1-2H3. The third-order valence-corrected chi connectivity index (χ3v) is 5.92. The topological polar surface area (TPSA) is 66.9 Å². The van der Waals surface area contributed by atoms with Gasteiger partial charge in [0, 0.05) is 18.8 Å². The quantitative estimate of drug-likeness (QED) is 0.784. The summed E-state index contributed by atoms with van der Waals surface area (Å²) in [6.07, 6.45) is -6.00. The number of nitrogens with zero attached hydrogens (tertiary/aromatic N) is 2. The molecule has 1 aromatic carbocycles. The van der Waals surface area contributed by atoms with E-state index in [0.717, 1.165) is 4.31 Å². The fourth-order valence-corrected chi connectivity index (χ4v) is 4.27. The Kier molecular flexibility index (Phi) is 5.62. The highest BCUT2D eigenvalue weighted by atomic mass is 32.2. The van der Waals surface area contributed by atoms with E-state index in [1.807, 2.05) is 0 Å². The molecule has 0 N–H and O–H groups in total. The number of sulfonamides is 1. The molecule has 0 radical (unpaired) electrons. The number of methoxy groups -OCH3 is 1. The molecule has 0 spiro atoms. The second kappa shape index (κ2) is 7.20. The molecule has 0 aromatic heterocycles. The third-order valence-electron chi connectivity index (χ3n) is 3.98. The van der Waals surface area contributed by atoms with Gasteiger partial charge in [-0.3, -0.25) is 4.79 Å². The second-order valence-corrected chi connectivity index (χ2v) is 7.70. The summed E-state index contributed by atoms with van der Waals surface area (Å²) in [6, 6.07) is 5.60. The summed E-state index contributed by atoms with van der Waals surface area (Å²) in [7, 11) is -2.66. The van der Waals surface area contributed by atoms with E-state index >= 15 is 0 Å². The minimum Gasteiger partial charge on any atom is -0.497 e. The lowest BCUT2D eigenvalue weighted by atomic mass is 10.2. The molecule has 140 valence electrons. The van der Waals surface area contributed by atoms with Crippen LogP contribution in [0.2, 0.25) is 0 Å². The lowest BCUT2D eigenvalue weighted by molar-refractivity contribution is -0.130. The first-order valence-electron chi connectivity index (χ1n) is 7.57. The van der Waals surface area contributed by atoms with Crippen molar-refractivity contribution in [2.45, 2.75) is 25.6 Å². The number of alkyl halides is 3. The molecule has 1 fully saturated rings. The van der Waals surface area contributed by atoms with Crippen molar-refractivity contribution >= 4 is 21.6 Å². The number of hydrogen-bond acceptors (Lipinski definition) is 4. The molecule has 0 aliphatic carbocycles. The predicted molar refractivity (Wildman–Crippen MR) is 86.0 cm³/mol. The van der Waals surface area contributed by atoms with E-state index in [1.54, 1.807) is 24.3 Å². The number of piperazine rings is 1. The number of ether oxygens (including phenoxy) is 1. The fraction of sp³-hybridized carbons (Fsp3) is 0.533. The first kappa shape index (κ1) is 19.5. The zero-order valence-electron chi connectivity index (χ0n) is 13.8. The van der Waals surface area contributed by atoms with Crippen LogP contribution in [0.4, 0.5) is 18.9 Å². The zero-order chi connectivity index (χ0) is 18.8. The molecule has 1 amide bonds. The number of benzene rings is 1. The molecular weight excluding hydrogens is 361 g/mol. The van der Waals surface area contributed by atoms with Gasteiger partial charge in [-0.2, -0.15) is 17.5 Å². The van der Waals surface area contributed by atoms with E-state index in [2.05, 4.69) is 0 Å². The first-order valence-corrected chi connectivity index (χ1v) is 9.18. The van der Waals surface area contributed by atoms with Crippen molar-refractivity contribution in [3.05, 3.63) is 24.3 Å². The molecule has 10 heteroatoms. The van der Waals surface area contributed by atoms with Crippen molar-refractivity contribution in [3.63, 3.8) is 0 Å². The Balaban J connectivity index is 2.12. The second-order valence-electron chi connectivity index (χ2n) is 5.66. The van der Waals surface area contributed by atoms with Gasteiger partial charge in [-0.25, -0.2) is 8.42 Å². The average Bonchev–Trinajstić information content (AvgIpc) is 2.55. The molecule has 1 aromatic rings. The minimum atomic E-state index is -4.56. The summed E-state index contributed by atoms with van der Waals surface area (Å²) in [5.41, 5.74) is 0.574. The van der Waals surface area contributed by atoms with E-state index < -0.39 is 40.3 Å². The van der Waals surface area contributed by atoms with E-state index in [4.69, 9.17) is 4.74 Å². The van der Waals surface area contributed by atoms with Crippen molar-refractivity contribution in [2.24, 2.45) is 0 Å². The van der Waals surface area contributed by atoms with Gasteiger partial charge in [0.15, 0.2) is 0 Å². The maximum Gasteiger partial charge on any atom is 0.390 e. The molecule has 6 nitrogen and oxygen atoms in total. The van der Waals surface area contributed by atoms with Crippen molar-refractivity contribution in [1.82, 2.24) is 4.31 Å². The number of anilines is 1. The summed E-state index contributed by atoms with van der Waals surface area (Å²) in [5, 5.41) is 0. The lowest BCUT2D eigenvalue weighted by Gasteiger charge is -2.38. The number of halogens is 3. The molecule has 1 heterocycles. The molecule has 2 rings (SSSR count). The monoisotopic (exact) mass is 380 g/mol. The van der Waals surface area contributed by atoms with Gasteiger partial charge in [-0.15, -0.1) is 0 Å². The Morgan fingerprint density at radius 1 is 1.20 bits per heavy atom. The molecule has 1 atom stereocenters. The zero-order valence-corrected chi connectivity index (χ0v) is 14.6. The molecule has 0 bridgehead atoms. The van der Waals surface area contributed by atoms with Crippen LogP contribution in [0.3, 0.4) is 0 Å². The molecular formula is C15H19F3N2O4S. The minimum absolute atomic E-state index is 0.0564. The molecule has 1 unspecified atom stereocenters. The van der Waals surface area contributed by atoms with Crippen LogP contribution in [0.1, 0.15) is 13.3 Å². The van der Waals surface area contributed by atoms with Crippen LogP contribution in [0.25, 0.3) is 0 Å². The third kappa shape index (κ3) is 4.63. The molecule has 1 saturated heterocycles. The Labute approximate surface area is 144 Å². The Morgan fingerprint density at radius 3 is 2.32 bits per heavy atom.